The lowest BCUT2D eigenvalue weighted by Crippen LogP contribution is -2.16. The predicted octanol–water partition coefficient (Wildman–Crippen LogP) is 5.21. The molecule has 3 aromatic rings. The number of hydrogen-bond donors (Lipinski definition) is 3. The molecule has 0 bridgehead atoms. The van der Waals surface area contributed by atoms with Crippen LogP contribution in [0.1, 0.15) is 75.8 Å². The molecule has 6 nitrogen and oxygen atoms in total. The van der Waals surface area contributed by atoms with Gasteiger partial charge in [0.25, 0.3) is 0 Å². The average molecular weight is 443 g/mol. The van der Waals surface area contributed by atoms with E-state index in [0.717, 1.165) is 46.5 Å². The molecule has 0 spiro atoms. The molecule has 0 amide bonds. The van der Waals surface area contributed by atoms with E-state index in [-0.39, 0.29) is 16.7 Å². The fourth-order valence-corrected chi connectivity index (χ4v) is 4.24. The van der Waals surface area contributed by atoms with Crippen LogP contribution in [0.4, 0.5) is 5.95 Å². The first-order valence-electron chi connectivity index (χ1n) is 11.4. The Labute approximate surface area is 196 Å². The van der Waals surface area contributed by atoms with E-state index in [1.807, 2.05) is 24.4 Å². The van der Waals surface area contributed by atoms with Gasteiger partial charge in [-0.05, 0) is 52.5 Å². The van der Waals surface area contributed by atoms with Crippen molar-refractivity contribution in [1.29, 1.82) is 5.41 Å². The van der Waals surface area contributed by atoms with Crippen molar-refractivity contribution < 1.29 is 0 Å². The first-order chi connectivity index (χ1) is 15.3. The van der Waals surface area contributed by atoms with E-state index in [0.29, 0.717) is 5.95 Å². The zero-order chi connectivity index (χ0) is 24.1. The van der Waals surface area contributed by atoms with Crippen molar-refractivity contribution in [2.24, 2.45) is 10.8 Å². The van der Waals surface area contributed by atoms with Gasteiger partial charge in [-0.3, -0.25) is 5.41 Å². The molecule has 0 atom stereocenters. The van der Waals surface area contributed by atoms with Gasteiger partial charge < -0.3 is 11.5 Å². The number of rotatable bonds is 3. The second-order valence-corrected chi connectivity index (χ2v) is 10.9. The molecule has 0 radical (unpaired) electrons. The highest BCUT2D eigenvalue weighted by Crippen LogP contribution is 2.34. The van der Waals surface area contributed by atoms with Crippen LogP contribution >= 0.6 is 0 Å². The van der Waals surface area contributed by atoms with Gasteiger partial charge in [-0.25, -0.2) is 9.66 Å². The molecule has 1 aromatic heterocycles. The first kappa shape index (κ1) is 22.8. The summed E-state index contributed by atoms with van der Waals surface area (Å²) in [6.45, 7) is 13.4. The van der Waals surface area contributed by atoms with Crippen LogP contribution in [0.5, 0.6) is 0 Å². The highest BCUT2D eigenvalue weighted by molar-refractivity contribution is 6.08. The Morgan fingerprint density at radius 2 is 1.64 bits per heavy atom. The van der Waals surface area contributed by atoms with Gasteiger partial charge in [0.05, 0.1) is 17.6 Å². The quantitative estimate of drug-likeness (QED) is 0.383. The van der Waals surface area contributed by atoms with Gasteiger partial charge in [-0.15, -0.1) is 0 Å². The Hall–Kier alpha value is -3.41. The lowest BCUT2D eigenvalue weighted by molar-refractivity contribution is 0.569. The lowest BCUT2D eigenvalue weighted by atomic mass is 9.79. The molecule has 172 valence electrons. The van der Waals surface area contributed by atoms with Gasteiger partial charge in [0, 0.05) is 16.7 Å². The molecule has 33 heavy (non-hydrogen) atoms. The molecule has 4 rings (SSSR count). The van der Waals surface area contributed by atoms with Crippen molar-refractivity contribution in [3.05, 3.63) is 70.4 Å². The lowest BCUT2D eigenvalue weighted by Gasteiger charge is -2.26. The Morgan fingerprint density at radius 1 is 1.00 bits per heavy atom. The molecule has 6 heteroatoms. The summed E-state index contributed by atoms with van der Waals surface area (Å²) in [5, 5.41) is 12.7. The zero-order valence-corrected chi connectivity index (χ0v) is 20.5. The third-order valence-electron chi connectivity index (χ3n) is 6.29. The number of nitrogens with one attached hydrogen (secondary N) is 1. The third kappa shape index (κ3) is 4.42. The number of fused-ring (bicyclic) bond motifs is 1. The van der Waals surface area contributed by atoms with E-state index in [4.69, 9.17) is 22.0 Å². The Kier molecular flexibility index (Phi) is 5.43. The van der Waals surface area contributed by atoms with Crippen LogP contribution in [0.25, 0.3) is 11.3 Å². The van der Waals surface area contributed by atoms with Gasteiger partial charge in [0.15, 0.2) is 0 Å². The SMILES string of the molecule is CC(C)(C)c1cc(-c2cn(N=C3CCc4c(C(=N)N)cccc43)c(N)n2)cc(C(C)(C)C)c1. The van der Waals surface area contributed by atoms with E-state index in [9.17, 15) is 0 Å². The van der Waals surface area contributed by atoms with Gasteiger partial charge in [-0.2, -0.15) is 5.10 Å². The maximum Gasteiger partial charge on any atom is 0.221 e. The molecule has 2 aromatic carbocycles. The zero-order valence-electron chi connectivity index (χ0n) is 20.5. The summed E-state index contributed by atoms with van der Waals surface area (Å²) in [5.41, 5.74) is 20.3. The Balaban J connectivity index is 1.78. The van der Waals surface area contributed by atoms with Crippen LogP contribution in [0.2, 0.25) is 0 Å². The van der Waals surface area contributed by atoms with Crippen molar-refractivity contribution in [3.63, 3.8) is 0 Å². The van der Waals surface area contributed by atoms with E-state index in [2.05, 4.69) is 64.7 Å². The maximum absolute atomic E-state index is 7.85. The summed E-state index contributed by atoms with van der Waals surface area (Å²) in [6.07, 6.45) is 3.50. The van der Waals surface area contributed by atoms with E-state index < -0.39 is 0 Å². The number of hydrogen-bond acceptors (Lipinski definition) is 4. The number of nitrogens with two attached hydrogens (primary N) is 2. The number of anilines is 1. The molecule has 0 saturated heterocycles. The fraction of sp³-hybridized carbons (Fsp3) is 0.370. The normalized spacial score (nSPS) is 15.2. The molecule has 0 aliphatic heterocycles. The van der Waals surface area contributed by atoms with E-state index >= 15 is 0 Å². The number of nitrogen functional groups attached to an aromatic ring is 2. The number of nitrogens with zero attached hydrogens (tertiary/aromatic N) is 3. The molecule has 0 fully saturated rings. The summed E-state index contributed by atoms with van der Waals surface area (Å²) in [5.74, 6) is 0.443. The Morgan fingerprint density at radius 3 is 2.21 bits per heavy atom. The average Bonchev–Trinajstić information content (AvgIpc) is 3.30. The maximum atomic E-state index is 7.85. The van der Waals surface area contributed by atoms with Crippen LogP contribution < -0.4 is 11.5 Å². The first-order valence-corrected chi connectivity index (χ1v) is 11.4. The van der Waals surface area contributed by atoms with Crippen molar-refractivity contribution in [3.8, 4) is 11.3 Å². The van der Waals surface area contributed by atoms with Crippen LogP contribution in [0.15, 0.2) is 47.7 Å². The predicted molar refractivity (Wildman–Crippen MR) is 137 cm³/mol. The van der Waals surface area contributed by atoms with Gasteiger partial charge in [0.2, 0.25) is 5.95 Å². The van der Waals surface area contributed by atoms with Crippen molar-refractivity contribution in [2.75, 3.05) is 5.73 Å². The van der Waals surface area contributed by atoms with Crippen LogP contribution in [0.3, 0.4) is 0 Å². The number of amidine groups is 1. The molecule has 5 N–H and O–H groups in total. The molecule has 1 aliphatic carbocycles. The standard InChI is InChI=1S/C27H34N6/c1-26(2,3)17-12-16(13-18(14-17)27(4,5)6)23-15-33(25(30)31-23)32-22-11-10-19-20(22)8-7-9-21(19)24(28)29/h7-9,12-15H,10-11H2,1-6H3,(H3,28,29)(H2,30,31). The highest BCUT2D eigenvalue weighted by Gasteiger charge is 2.24. The Bertz CT molecular complexity index is 1230. The van der Waals surface area contributed by atoms with Crippen LogP contribution in [0, 0.1) is 5.41 Å². The molecule has 0 saturated carbocycles. The summed E-state index contributed by atoms with van der Waals surface area (Å²) in [7, 11) is 0. The molecular formula is C27H34N6. The molecular weight excluding hydrogens is 408 g/mol. The minimum absolute atomic E-state index is 0.0202. The highest BCUT2D eigenvalue weighted by atomic mass is 15.4. The second kappa shape index (κ2) is 7.87. The van der Waals surface area contributed by atoms with Gasteiger partial charge in [0.1, 0.15) is 5.84 Å². The monoisotopic (exact) mass is 442 g/mol. The molecule has 1 aliphatic rings. The van der Waals surface area contributed by atoms with Crippen LogP contribution in [-0.4, -0.2) is 21.2 Å². The summed E-state index contributed by atoms with van der Waals surface area (Å²) in [4.78, 5) is 4.65. The molecule has 0 unspecified atom stereocenters. The third-order valence-corrected chi connectivity index (χ3v) is 6.29. The number of benzene rings is 2. The minimum atomic E-state index is 0.0202. The summed E-state index contributed by atoms with van der Waals surface area (Å²) < 4.78 is 1.67. The second-order valence-electron chi connectivity index (χ2n) is 10.9. The number of imidazole rings is 1. The van der Waals surface area contributed by atoms with Crippen molar-refractivity contribution >= 4 is 17.5 Å². The van der Waals surface area contributed by atoms with Crippen LogP contribution in [-0.2, 0) is 17.3 Å². The van der Waals surface area contributed by atoms with Gasteiger partial charge >= 0.3 is 0 Å². The van der Waals surface area contributed by atoms with Crippen molar-refractivity contribution in [2.45, 2.75) is 65.2 Å². The summed E-state index contributed by atoms with van der Waals surface area (Å²) >= 11 is 0. The van der Waals surface area contributed by atoms with Crippen molar-refractivity contribution in [1.82, 2.24) is 9.66 Å². The minimum Gasteiger partial charge on any atom is -0.384 e. The summed E-state index contributed by atoms with van der Waals surface area (Å²) in [6, 6.07) is 12.6. The topological polar surface area (TPSA) is 106 Å². The smallest absolute Gasteiger partial charge is 0.221 e. The van der Waals surface area contributed by atoms with Gasteiger partial charge in [-0.1, -0.05) is 65.8 Å². The number of aromatic nitrogens is 2. The van der Waals surface area contributed by atoms with E-state index in [1.54, 1.807) is 4.68 Å². The van der Waals surface area contributed by atoms with E-state index in [1.165, 1.54) is 11.1 Å². The fourth-order valence-electron chi connectivity index (χ4n) is 4.24. The molecule has 1 heterocycles. The largest absolute Gasteiger partial charge is 0.384 e.